The maximum atomic E-state index is 12.8. The Balaban J connectivity index is 1.76. The Morgan fingerprint density at radius 2 is 1.75 bits per heavy atom. The third-order valence-corrected chi connectivity index (χ3v) is 3.96. The number of ether oxygens (including phenoxy) is 1. The summed E-state index contributed by atoms with van der Waals surface area (Å²) in [7, 11) is 0. The fourth-order valence-corrected chi connectivity index (χ4v) is 3.07. The molecule has 6 heteroatoms. The van der Waals surface area contributed by atoms with E-state index in [-0.39, 0.29) is 6.10 Å². The maximum absolute atomic E-state index is 12.8. The van der Waals surface area contributed by atoms with Gasteiger partial charge in [0.2, 0.25) is 5.91 Å². The molecule has 0 spiro atoms. The Kier molecular flexibility index (Phi) is 3.17. The fourth-order valence-electron chi connectivity index (χ4n) is 3.07. The van der Waals surface area contributed by atoms with E-state index in [1.807, 2.05) is 0 Å². The van der Waals surface area contributed by atoms with Crippen LogP contribution in [0, 0.1) is 17.7 Å². The molecule has 2 heterocycles. The summed E-state index contributed by atoms with van der Waals surface area (Å²) in [4.78, 5) is 23.4. The van der Waals surface area contributed by atoms with E-state index in [1.165, 1.54) is 24.3 Å². The molecule has 1 aromatic rings. The van der Waals surface area contributed by atoms with Crippen molar-refractivity contribution < 1.29 is 23.8 Å². The summed E-state index contributed by atoms with van der Waals surface area (Å²) in [5.41, 5.74) is 0.427. The minimum Gasteiger partial charge on any atom is -0.550 e. The largest absolute Gasteiger partial charge is 0.550 e. The minimum absolute atomic E-state index is 0.372. The van der Waals surface area contributed by atoms with Crippen LogP contribution in [0.1, 0.15) is 12.8 Å². The average molecular weight is 278 g/mol. The van der Waals surface area contributed by atoms with Gasteiger partial charge in [-0.1, -0.05) is 0 Å². The van der Waals surface area contributed by atoms with Gasteiger partial charge in [-0.2, -0.15) is 0 Å². The zero-order valence-corrected chi connectivity index (χ0v) is 10.5. The molecule has 2 aliphatic rings. The topological polar surface area (TPSA) is 78.5 Å². The highest BCUT2D eigenvalue weighted by Crippen LogP contribution is 2.43. The second-order valence-electron chi connectivity index (χ2n) is 5.16. The molecule has 3 rings (SSSR count). The molecule has 20 heavy (non-hydrogen) atoms. The number of carboxylic acids is 1. The second kappa shape index (κ2) is 4.86. The number of rotatable bonds is 3. The molecular formula is C14H13FNO4-. The highest BCUT2D eigenvalue weighted by atomic mass is 19.1. The number of fused-ring (bicyclic) bond motifs is 2. The summed E-state index contributed by atoms with van der Waals surface area (Å²) in [5.74, 6) is -3.73. The van der Waals surface area contributed by atoms with Crippen LogP contribution in [0.3, 0.4) is 0 Å². The number of halogens is 1. The first-order valence-electron chi connectivity index (χ1n) is 6.49. The molecule has 0 radical (unpaired) electrons. The van der Waals surface area contributed by atoms with Crippen LogP contribution in [-0.2, 0) is 14.3 Å². The van der Waals surface area contributed by atoms with Crippen molar-refractivity contribution in [3.63, 3.8) is 0 Å². The molecule has 1 N–H and O–H groups in total. The lowest BCUT2D eigenvalue weighted by Gasteiger charge is -2.27. The smallest absolute Gasteiger partial charge is 0.230 e. The van der Waals surface area contributed by atoms with Crippen molar-refractivity contribution in [3.05, 3.63) is 30.1 Å². The van der Waals surface area contributed by atoms with E-state index in [0.29, 0.717) is 18.5 Å². The van der Waals surface area contributed by atoms with Crippen LogP contribution < -0.4 is 10.4 Å². The zero-order chi connectivity index (χ0) is 14.3. The van der Waals surface area contributed by atoms with E-state index >= 15 is 0 Å². The van der Waals surface area contributed by atoms with Gasteiger partial charge in [0.25, 0.3) is 0 Å². The molecule has 106 valence electrons. The van der Waals surface area contributed by atoms with Crippen LogP contribution in [0.5, 0.6) is 0 Å². The lowest BCUT2D eigenvalue weighted by atomic mass is 9.78. The van der Waals surface area contributed by atoms with Gasteiger partial charge in [0.1, 0.15) is 5.82 Å². The summed E-state index contributed by atoms with van der Waals surface area (Å²) in [5, 5.41) is 13.8. The Labute approximate surface area is 114 Å². The van der Waals surface area contributed by atoms with Crippen molar-refractivity contribution in [1.82, 2.24) is 0 Å². The first kappa shape index (κ1) is 13.1. The molecule has 0 unspecified atom stereocenters. The van der Waals surface area contributed by atoms with Crippen molar-refractivity contribution in [2.24, 2.45) is 11.8 Å². The minimum atomic E-state index is -1.25. The van der Waals surface area contributed by atoms with Gasteiger partial charge < -0.3 is 20.0 Å². The molecule has 1 amide bonds. The number of hydrogen-bond acceptors (Lipinski definition) is 4. The van der Waals surface area contributed by atoms with Gasteiger partial charge in [0, 0.05) is 17.6 Å². The van der Waals surface area contributed by atoms with Crippen molar-refractivity contribution >= 4 is 17.6 Å². The van der Waals surface area contributed by atoms with E-state index in [2.05, 4.69) is 5.32 Å². The Hall–Kier alpha value is -1.95. The van der Waals surface area contributed by atoms with Crippen molar-refractivity contribution in [2.45, 2.75) is 25.0 Å². The summed E-state index contributed by atoms with van der Waals surface area (Å²) >= 11 is 0. The van der Waals surface area contributed by atoms with Crippen LogP contribution in [0.4, 0.5) is 10.1 Å². The summed E-state index contributed by atoms with van der Waals surface area (Å²) in [6.45, 7) is 0. The average Bonchev–Trinajstić information content (AvgIpc) is 3.01. The third kappa shape index (κ3) is 2.16. The van der Waals surface area contributed by atoms with Gasteiger partial charge in [0.05, 0.1) is 18.1 Å². The summed E-state index contributed by atoms with van der Waals surface area (Å²) in [6, 6.07) is 5.30. The third-order valence-electron chi connectivity index (χ3n) is 3.96. The van der Waals surface area contributed by atoms with Crippen LogP contribution in [0.2, 0.25) is 0 Å². The van der Waals surface area contributed by atoms with Crippen LogP contribution in [0.25, 0.3) is 0 Å². The molecule has 2 saturated heterocycles. The first-order chi connectivity index (χ1) is 9.56. The summed E-state index contributed by atoms with van der Waals surface area (Å²) < 4.78 is 18.3. The van der Waals surface area contributed by atoms with Gasteiger partial charge in [-0.3, -0.25) is 4.79 Å². The molecule has 0 aromatic heterocycles. The number of hydrogen-bond donors (Lipinski definition) is 1. The SMILES string of the molecule is O=C(Nc1ccc(F)cc1)[C@@H]1[C@H](C(=O)[O-])[C@@H]2CC[C@H]1O2. The highest BCUT2D eigenvalue weighted by Gasteiger charge is 2.52. The quantitative estimate of drug-likeness (QED) is 0.863. The molecule has 2 bridgehead atoms. The number of carbonyl (C=O) groups is 2. The second-order valence-corrected chi connectivity index (χ2v) is 5.16. The first-order valence-corrected chi connectivity index (χ1v) is 6.49. The number of carboxylic acid groups (broad SMARTS) is 1. The van der Waals surface area contributed by atoms with Gasteiger partial charge >= 0.3 is 0 Å². The predicted octanol–water partition coefficient (Wildman–Crippen LogP) is 0.308. The summed E-state index contributed by atoms with van der Waals surface area (Å²) in [6.07, 6.45) is 0.511. The van der Waals surface area contributed by atoms with Gasteiger partial charge in [0.15, 0.2) is 0 Å². The van der Waals surface area contributed by atoms with Crippen molar-refractivity contribution in [2.75, 3.05) is 5.32 Å². The van der Waals surface area contributed by atoms with Crippen molar-refractivity contribution in [3.8, 4) is 0 Å². The highest BCUT2D eigenvalue weighted by molar-refractivity contribution is 5.96. The van der Waals surface area contributed by atoms with Crippen LogP contribution in [-0.4, -0.2) is 24.1 Å². The standard InChI is InChI=1S/C14H14FNO4/c15-7-1-3-8(4-2-7)16-13(17)11-9-5-6-10(20-9)12(11)14(18)19/h1-4,9-12H,5-6H2,(H,16,17)(H,18,19)/p-1/t9-,10+,11+,12-/m1/s1. The number of carbonyl (C=O) groups excluding carboxylic acids is 2. The van der Waals surface area contributed by atoms with E-state index < -0.39 is 35.6 Å². The number of benzene rings is 1. The Bertz CT molecular complexity index is 545. The molecule has 2 fully saturated rings. The lowest BCUT2D eigenvalue weighted by Crippen LogP contribution is -2.46. The molecule has 5 nitrogen and oxygen atoms in total. The number of aliphatic carboxylic acids is 1. The van der Waals surface area contributed by atoms with E-state index in [1.54, 1.807) is 0 Å². The predicted molar refractivity (Wildman–Crippen MR) is 64.9 cm³/mol. The van der Waals surface area contributed by atoms with Gasteiger partial charge in [-0.05, 0) is 37.1 Å². The fraction of sp³-hybridized carbons (Fsp3) is 0.429. The number of nitrogens with one attached hydrogen (secondary N) is 1. The van der Waals surface area contributed by atoms with Gasteiger partial charge in [-0.15, -0.1) is 0 Å². The van der Waals surface area contributed by atoms with E-state index in [0.717, 1.165) is 0 Å². The molecule has 4 atom stereocenters. The molecule has 0 saturated carbocycles. The lowest BCUT2D eigenvalue weighted by molar-refractivity contribution is -0.313. The number of amides is 1. The monoisotopic (exact) mass is 278 g/mol. The maximum Gasteiger partial charge on any atom is 0.230 e. The van der Waals surface area contributed by atoms with E-state index in [4.69, 9.17) is 4.74 Å². The Morgan fingerprint density at radius 1 is 1.15 bits per heavy atom. The zero-order valence-electron chi connectivity index (χ0n) is 10.5. The Morgan fingerprint density at radius 3 is 2.35 bits per heavy atom. The van der Waals surface area contributed by atoms with Crippen LogP contribution in [0.15, 0.2) is 24.3 Å². The van der Waals surface area contributed by atoms with Crippen LogP contribution >= 0.6 is 0 Å². The van der Waals surface area contributed by atoms with Crippen molar-refractivity contribution in [1.29, 1.82) is 0 Å². The van der Waals surface area contributed by atoms with Gasteiger partial charge in [-0.25, -0.2) is 4.39 Å². The normalized spacial score (nSPS) is 31.2. The molecule has 0 aliphatic carbocycles. The molecule has 1 aromatic carbocycles. The van der Waals surface area contributed by atoms with E-state index in [9.17, 15) is 19.1 Å². The number of anilines is 1. The molecular weight excluding hydrogens is 265 g/mol. The molecule has 2 aliphatic heterocycles.